The molecule has 2 unspecified atom stereocenters. The molecule has 0 N–H and O–H groups in total. The van der Waals surface area contributed by atoms with Crippen molar-refractivity contribution in [3.05, 3.63) is 17.3 Å². The lowest BCUT2D eigenvalue weighted by atomic mass is 10.1. The van der Waals surface area contributed by atoms with E-state index in [2.05, 4.69) is 4.98 Å². The van der Waals surface area contributed by atoms with Gasteiger partial charge >= 0.3 is 5.97 Å². The second kappa shape index (κ2) is 3.86. The maximum Gasteiger partial charge on any atom is 0.376 e. The largest absolute Gasteiger partial charge is 0.460 e. The third-order valence-corrected chi connectivity index (χ3v) is 3.97. The standard InChI is InChI=1S/C13H17NO3/c1-3-16-13(15)11-7(2)14-12(17-11)10-8-5-4-6-9(8)10/h8-10H,3-6H2,1-2H3. The minimum atomic E-state index is -0.394. The number of carbonyl (C=O) groups excluding carboxylic acids is 1. The van der Waals surface area contributed by atoms with Gasteiger partial charge in [-0.05, 0) is 38.5 Å². The zero-order chi connectivity index (χ0) is 12.0. The van der Waals surface area contributed by atoms with Crippen LogP contribution in [0.4, 0.5) is 0 Å². The maximum absolute atomic E-state index is 11.6. The van der Waals surface area contributed by atoms with Crippen LogP contribution in [0.15, 0.2) is 4.42 Å². The highest BCUT2D eigenvalue weighted by Gasteiger charge is 2.56. The molecule has 2 atom stereocenters. The number of carbonyl (C=O) groups is 1. The Balaban J connectivity index is 1.79. The Morgan fingerprint density at radius 2 is 2.18 bits per heavy atom. The molecule has 0 aliphatic heterocycles. The van der Waals surface area contributed by atoms with Crippen LogP contribution >= 0.6 is 0 Å². The van der Waals surface area contributed by atoms with Crippen molar-refractivity contribution in [3.63, 3.8) is 0 Å². The molecule has 2 aliphatic rings. The molecule has 2 fully saturated rings. The van der Waals surface area contributed by atoms with Crippen molar-refractivity contribution in [2.75, 3.05) is 6.61 Å². The van der Waals surface area contributed by atoms with Gasteiger partial charge in [0.25, 0.3) is 0 Å². The summed E-state index contributed by atoms with van der Waals surface area (Å²) in [6.07, 6.45) is 3.90. The van der Waals surface area contributed by atoms with Gasteiger partial charge in [-0.3, -0.25) is 0 Å². The van der Waals surface area contributed by atoms with E-state index >= 15 is 0 Å². The normalized spacial score (nSPS) is 30.1. The van der Waals surface area contributed by atoms with E-state index in [0.717, 1.165) is 17.7 Å². The number of oxazole rings is 1. The molecule has 1 heterocycles. The van der Waals surface area contributed by atoms with E-state index in [9.17, 15) is 4.79 Å². The van der Waals surface area contributed by atoms with Crippen LogP contribution in [0.2, 0.25) is 0 Å². The fourth-order valence-electron chi connectivity index (χ4n) is 3.13. The molecule has 0 amide bonds. The lowest BCUT2D eigenvalue weighted by molar-refractivity contribution is 0.0486. The topological polar surface area (TPSA) is 52.3 Å². The number of rotatable bonds is 3. The highest BCUT2D eigenvalue weighted by Crippen LogP contribution is 2.62. The first-order valence-electron chi connectivity index (χ1n) is 6.36. The van der Waals surface area contributed by atoms with E-state index in [4.69, 9.17) is 9.15 Å². The molecular weight excluding hydrogens is 218 g/mol. The summed E-state index contributed by atoms with van der Waals surface area (Å²) in [6.45, 7) is 3.95. The number of aryl methyl sites for hydroxylation is 1. The fraction of sp³-hybridized carbons (Fsp3) is 0.692. The van der Waals surface area contributed by atoms with Crippen molar-refractivity contribution in [1.29, 1.82) is 0 Å². The Morgan fingerprint density at radius 3 is 2.82 bits per heavy atom. The van der Waals surface area contributed by atoms with Crippen molar-refractivity contribution in [1.82, 2.24) is 4.98 Å². The Kier molecular flexibility index (Phi) is 2.45. The summed E-state index contributed by atoms with van der Waals surface area (Å²) < 4.78 is 10.5. The van der Waals surface area contributed by atoms with Crippen LogP contribution in [0.1, 0.15) is 54.2 Å². The SMILES string of the molecule is CCOC(=O)c1oc(C2C3CCCC32)nc1C. The third kappa shape index (κ3) is 1.66. The zero-order valence-corrected chi connectivity index (χ0v) is 10.2. The number of ether oxygens (including phenoxy) is 1. The van der Waals surface area contributed by atoms with Gasteiger partial charge in [0.15, 0.2) is 5.89 Å². The summed E-state index contributed by atoms with van der Waals surface area (Å²) in [7, 11) is 0. The van der Waals surface area contributed by atoms with E-state index in [-0.39, 0.29) is 5.76 Å². The Labute approximate surface area is 100 Å². The van der Waals surface area contributed by atoms with Crippen molar-refractivity contribution in [2.24, 2.45) is 11.8 Å². The summed E-state index contributed by atoms with van der Waals surface area (Å²) in [6, 6.07) is 0. The average Bonchev–Trinajstić information content (AvgIpc) is 2.67. The zero-order valence-electron chi connectivity index (χ0n) is 10.2. The molecule has 2 aliphatic carbocycles. The van der Waals surface area contributed by atoms with Gasteiger partial charge in [-0.2, -0.15) is 0 Å². The predicted octanol–water partition coefficient (Wildman–Crippen LogP) is 2.67. The van der Waals surface area contributed by atoms with E-state index in [0.29, 0.717) is 18.2 Å². The molecule has 4 nitrogen and oxygen atoms in total. The summed E-state index contributed by atoms with van der Waals surface area (Å²) in [5, 5.41) is 0. The number of hydrogen-bond acceptors (Lipinski definition) is 4. The molecule has 1 aromatic rings. The van der Waals surface area contributed by atoms with Gasteiger partial charge < -0.3 is 9.15 Å². The molecule has 0 saturated heterocycles. The van der Waals surface area contributed by atoms with Gasteiger partial charge in [0.05, 0.1) is 12.3 Å². The van der Waals surface area contributed by atoms with Crippen molar-refractivity contribution >= 4 is 5.97 Å². The van der Waals surface area contributed by atoms with Crippen LogP contribution < -0.4 is 0 Å². The average molecular weight is 235 g/mol. The monoisotopic (exact) mass is 235 g/mol. The molecule has 0 radical (unpaired) electrons. The van der Waals surface area contributed by atoms with Crippen LogP contribution in [-0.4, -0.2) is 17.6 Å². The van der Waals surface area contributed by atoms with Crippen LogP contribution in [0.5, 0.6) is 0 Å². The molecule has 2 saturated carbocycles. The maximum atomic E-state index is 11.6. The first-order valence-corrected chi connectivity index (χ1v) is 6.36. The molecule has 17 heavy (non-hydrogen) atoms. The minimum Gasteiger partial charge on any atom is -0.460 e. The summed E-state index contributed by atoms with van der Waals surface area (Å²) >= 11 is 0. The van der Waals surface area contributed by atoms with Crippen molar-refractivity contribution < 1.29 is 13.9 Å². The van der Waals surface area contributed by atoms with Gasteiger partial charge in [-0.25, -0.2) is 9.78 Å². The lowest BCUT2D eigenvalue weighted by Gasteiger charge is -1.98. The molecule has 0 spiro atoms. The van der Waals surface area contributed by atoms with Crippen LogP contribution in [-0.2, 0) is 4.74 Å². The Bertz CT molecular complexity index is 442. The quantitative estimate of drug-likeness (QED) is 0.756. The minimum absolute atomic E-state index is 0.284. The second-order valence-electron chi connectivity index (χ2n) is 4.97. The van der Waals surface area contributed by atoms with E-state index in [1.807, 2.05) is 0 Å². The van der Waals surface area contributed by atoms with Gasteiger partial charge in [0, 0.05) is 5.92 Å². The molecule has 0 aromatic carbocycles. The summed E-state index contributed by atoms with van der Waals surface area (Å²) in [5.41, 5.74) is 0.656. The van der Waals surface area contributed by atoms with Gasteiger partial charge in [0.1, 0.15) is 0 Å². The predicted molar refractivity (Wildman–Crippen MR) is 60.8 cm³/mol. The number of fused-ring (bicyclic) bond motifs is 1. The third-order valence-electron chi connectivity index (χ3n) is 3.97. The van der Waals surface area contributed by atoms with E-state index in [1.54, 1.807) is 13.8 Å². The van der Waals surface area contributed by atoms with E-state index < -0.39 is 5.97 Å². The lowest BCUT2D eigenvalue weighted by Crippen LogP contribution is -2.04. The smallest absolute Gasteiger partial charge is 0.376 e. The molecule has 0 bridgehead atoms. The number of aromatic nitrogens is 1. The summed E-state index contributed by atoms with van der Waals surface area (Å²) in [5.74, 6) is 2.61. The van der Waals surface area contributed by atoms with Crippen LogP contribution in [0.3, 0.4) is 0 Å². The number of nitrogens with zero attached hydrogens (tertiary/aromatic N) is 1. The molecule has 4 heteroatoms. The number of hydrogen-bond donors (Lipinski definition) is 0. The van der Waals surface area contributed by atoms with Crippen LogP contribution in [0.25, 0.3) is 0 Å². The first-order chi connectivity index (χ1) is 8.22. The molecular formula is C13H17NO3. The van der Waals surface area contributed by atoms with Gasteiger partial charge in [-0.1, -0.05) is 6.42 Å². The molecule has 92 valence electrons. The molecule has 3 rings (SSSR count). The first kappa shape index (κ1) is 10.8. The van der Waals surface area contributed by atoms with Gasteiger partial charge in [-0.15, -0.1) is 0 Å². The van der Waals surface area contributed by atoms with Crippen molar-refractivity contribution in [3.8, 4) is 0 Å². The van der Waals surface area contributed by atoms with Crippen LogP contribution in [0, 0.1) is 18.8 Å². The van der Waals surface area contributed by atoms with Gasteiger partial charge in [0.2, 0.25) is 5.76 Å². The fourth-order valence-corrected chi connectivity index (χ4v) is 3.13. The van der Waals surface area contributed by atoms with Crippen molar-refractivity contribution in [2.45, 2.75) is 39.0 Å². The Morgan fingerprint density at radius 1 is 1.47 bits per heavy atom. The summed E-state index contributed by atoms with van der Waals surface area (Å²) in [4.78, 5) is 16.0. The van der Waals surface area contributed by atoms with E-state index in [1.165, 1.54) is 19.3 Å². The Hall–Kier alpha value is -1.32. The highest BCUT2D eigenvalue weighted by molar-refractivity contribution is 5.87. The number of esters is 1. The second-order valence-corrected chi connectivity index (χ2v) is 4.97. The molecule has 1 aromatic heterocycles. The highest BCUT2D eigenvalue weighted by atomic mass is 16.5.